The zero-order valence-corrected chi connectivity index (χ0v) is 9.31. The van der Waals surface area contributed by atoms with Crippen molar-refractivity contribution >= 4 is 0 Å². The lowest BCUT2D eigenvalue weighted by Crippen LogP contribution is -2.16. The van der Waals surface area contributed by atoms with Gasteiger partial charge in [0, 0.05) is 19.5 Å². The van der Waals surface area contributed by atoms with Crippen molar-refractivity contribution in [3.8, 4) is 0 Å². The van der Waals surface area contributed by atoms with Crippen LogP contribution in [0.15, 0.2) is 35.1 Å². The van der Waals surface area contributed by atoms with E-state index in [1.54, 1.807) is 0 Å². The number of hydrogen-bond donors (Lipinski definition) is 1. The third kappa shape index (κ3) is 3.17. The summed E-state index contributed by atoms with van der Waals surface area (Å²) >= 11 is 0. The van der Waals surface area contributed by atoms with Gasteiger partial charge in [-0.3, -0.25) is 0 Å². The Morgan fingerprint density at radius 1 is 1.25 bits per heavy atom. The van der Waals surface area contributed by atoms with Gasteiger partial charge in [0.05, 0.1) is 0 Å². The molecule has 1 N–H and O–H groups in total. The molecule has 0 saturated heterocycles. The molecular formula is C12H15N3O. The quantitative estimate of drug-likeness (QED) is 0.775. The normalized spacial score (nSPS) is 10.6. The van der Waals surface area contributed by atoms with Crippen LogP contribution in [0.4, 0.5) is 0 Å². The Balaban J connectivity index is 1.70. The fraction of sp³-hybridized carbons (Fsp3) is 0.333. The Bertz CT molecular complexity index is 408. The molecule has 0 bridgehead atoms. The van der Waals surface area contributed by atoms with Gasteiger partial charge in [-0.05, 0) is 12.5 Å². The van der Waals surface area contributed by atoms with Crippen LogP contribution in [0.25, 0.3) is 0 Å². The highest BCUT2D eigenvalue weighted by atomic mass is 16.5. The summed E-state index contributed by atoms with van der Waals surface area (Å²) in [7, 11) is 0. The van der Waals surface area contributed by atoms with E-state index in [9.17, 15) is 0 Å². The van der Waals surface area contributed by atoms with E-state index in [4.69, 9.17) is 4.52 Å². The lowest BCUT2D eigenvalue weighted by molar-refractivity contribution is 0.375. The summed E-state index contributed by atoms with van der Waals surface area (Å²) in [5.41, 5.74) is 2.57. The van der Waals surface area contributed by atoms with Crippen LogP contribution in [0.5, 0.6) is 0 Å². The number of benzene rings is 1. The van der Waals surface area contributed by atoms with E-state index in [1.807, 2.05) is 0 Å². The van der Waals surface area contributed by atoms with Gasteiger partial charge < -0.3 is 9.84 Å². The van der Waals surface area contributed by atoms with E-state index in [0.29, 0.717) is 5.89 Å². The Labute approximate surface area is 94.7 Å². The van der Waals surface area contributed by atoms with Gasteiger partial charge in [-0.1, -0.05) is 35.0 Å². The molecular weight excluding hydrogens is 202 g/mol. The van der Waals surface area contributed by atoms with Crippen molar-refractivity contribution < 1.29 is 4.52 Å². The first-order valence-electron chi connectivity index (χ1n) is 5.36. The van der Waals surface area contributed by atoms with Gasteiger partial charge in [0.15, 0.2) is 6.33 Å². The molecule has 0 spiro atoms. The van der Waals surface area contributed by atoms with Crippen LogP contribution < -0.4 is 5.32 Å². The van der Waals surface area contributed by atoms with Crippen LogP contribution in [0, 0.1) is 6.92 Å². The molecule has 0 radical (unpaired) electrons. The zero-order valence-electron chi connectivity index (χ0n) is 9.31. The van der Waals surface area contributed by atoms with Gasteiger partial charge in [-0.25, -0.2) is 0 Å². The van der Waals surface area contributed by atoms with E-state index < -0.39 is 0 Å². The van der Waals surface area contributed by atoms with E-state index in [1.165, 1.54) is 17.5 Å². The largest absolute Gasteiger partial charge is 0.340 e. The van der Waals surface area contributed by atoms with Gasteiger partial charge >= 0.3 is 0 Å². The molecule has 1 aromatic heterocycles. The number of hydrogen-bond acceptors (Lipinski definition) is 4. The number of aromatic nitrogens is 2. The minimum absolute atomic E-state index is 0.677. The summed E-state index contributed by atoms with van der Waals surface area (Å²) < 4.78 is 4.90. The van der Waals surface area contributed by atoms with Crippen LogP contribution >= 0.6 is 0 Å². The number of nitrogens with one attached hydrogen (secondary N) is 1. The van der Waals surface area contributed by atoms with Crippen molar-refractivity contribution in [2.75, 3.05) is 6.54 Å². The maximum atomic E-state index is 4.90. The molecule has 16 heavy (non-hydrogen) atoms. The Kier molecular flexibility index (Phi) is 3.66. The highest BCUT2D eigenvalue weighted by Gasteiger charge is 1.98. The molecule has 4 heteroatoms. The van der Waals surface area contributed by atoms with Gasteiger partial charge in [0.2, 0.25) is 5.89 Å². The highest BCUT2D eigenvalue weighted by molar-refractivity contribution is 5.20. The molecule has 1 aromatic carbocycles. The van der Waals surface area contributed by atoms with Crippen molar-refractivity contribution in [2.24, 2.45) is 0 Å². The van der Waals surface area contributed by atoms with E-state index in [0.717, 1.165) is 19.5 Å². The van der Waals surface area contributed by atoms with E-state index in [-0.39, 0.29) is 0 Å². The molecule has 2 aromatic rings. The van der Waals surface area contributed by atoms with Crippen LogP contribution in [0.3, 0.4) is 0 Å². The summed E-state index contributed by atoms with van der Waals surface area (Å²) in [5.74, 6) is 0.677. The molecule has 0 atom stereocenters. The summed E-state index contributed by atoms with van der Waals surface area (Å²) in [6.07, 6.45) is 2.20. The SMILES string of the molecule is Cc1ccc(CNCCc2ncno2)cc1. The molecule has 0 aliphatic carbocycles. The number of aryl methyl sites for hydroxylation is 1. The van der Waals surface area contributed by atoms with Crippen LogP contribution in [-0.4, -0.2) is 16.7 Å². The lowest BCUT2D eigenvalue weighted by Gasteiger charge is -2.03. The van der Waals surface area contributed by atoms with Crippen molar-refractivity contribution in [3.05, 3.63) is 47.6 Å². The molecule has 1 heterocycles. The topological polar surface area (TPSA) is 51.0 Å². The summed E-state index contributed by atoms with van der Waals surface area (Å²) in [5, 5.41) is 6.89. The number of nitrogens with zero attached hydrogens (tertiary/aromatic N) is 2. The average Bonchev–Trinajstić information content (AvgIpc) is 2.80. The maximum Gasteiger partial charge on any atom is 0.227 e. The number of rotatable bonds is 5. The van der Waals surface area contributed by atoms with Crippen molar-refractivity contribution in [1.82, 2.24) is 15.5 Å². The van der Waals surface area contributed by atoms with Crippen molar-refractivity contribution in [2.45, 2.75) is 19.9 Å². The second kappa shape index (κ2) is 5.42. The van der Waals surface area contributed by atoms with Crippen LogP contribution in [0.2, 0.25) is 0 Å². The predicted molar refractivity (Wildman–Crippen MR) is 60.9 cm³/mol. The van der Waals surface area contributed by atoms with Crippen molar-refractivity contribution in [1.29, 1.82) is 0 Å². The average molecular weight is 217 g/mol. The van der Waals surface area contributed by atoms with Crippen LogP contribution in [0.1, 0.15) is 17.0 Å². The molecule has 84 valence electrons. The molecule has 0 aliphatic rings. The first-order valence-corrected chi connectivity index (χ1v) is 5.36. The van der Waals surface area contributed by atoms with Gasteiger partial charge in [0.1, 0.15) is 0 Å². The molecule has 0 aliphatic heterocycles. The van der Waals surface area contributed by atoms with Gasteiger partial charge in [0.25, 0.3) is 0 Å². The first kappa shape index (κ1) is 10.8. The Morgan fingerprint density at radius 2 is 2.06 bits per heavy atom. The van der Waals surface area contributed by atoms with Gasteiger partial charge in [-0.2, -0.15) is 4.98 Å². The van der Waals surface area contributed by atoms with Gasteiger partial charge in [-0.15, -0.1) is 0 Å². The van der Waals surface area contributed by atoms with E-state index >= 15 is 0 Å². The third-order valence-corrected chi connectivity index (χ3v) is 2.37. The summed E-state index contributed by atoms with van der Waals surface area (Å²) in [6.45, 7) is 3.80. The highest BCUT2D eigenvalue weighted by Crippen LogP contribution is 2.02. The fourth-order valence-electron chi connectivity index (χ4n) is 1.44. The zero-order chi connectivity index (χ0) is 11.2. The Morgan fingerprint density at radius 3 is 2.75 bits per heavy atom. The minimum atomic E-state index is 0.677. The van der Waals surface area contributed by atoms with Crippen LogP contribution in [-0.2, 0) is 13.0 Å². The monoisotopic (exact) mass is 217 g/mol. The second-order valence-electron chi connectivity index (χ2n) is 3.75. The predicted octanol–water partition coefficient (Wildman–Crippen LogP) is 1.71. The van der Waals surface area contributed by atoms with E-state index in [2.05, 4.69) is 46.6 Å². The maximum absolute atomic E-state index is 4.90. The smallest absolute Gasteiger partial charge is 0.227 e. The third-order valence-electron chi connectivity index (χ3n) is 2.37. The summed E-state index contributed by atoms with van der Waals surface area (Å²) in [6, 6.07) is 8.51. The first-order chi connectivity index (χ1) is 7.84. The molecule has 0 fully saturated rings. The molecule has 0 amide bonds. The minimum Gasteiger partial charge on any atom is -0.340 e. The standard InChI is InChI=1S/C12H15N3O/c1-10-2-4-11(5-3-10)8-13-7-6-12-14-9-15-16-12/h2-5,9,13H,6-8H2,1H3. The second-order valence-corrected chi connectivity index (χ2v) is 3.75. The fourth-order valence-corrected chi connectivity index (χ4v) is 1.44. The molecule has 4 nitrogen and oxygen atoms in total. The Hall–Kier alpha value is -1.68. The molecule has 2 rings (SSSR count). The van der Waals surface area contributed by atoms with Crippen molar-refractivity contribution in [3.63, 3.8) is 0 Å². The molecule has 0 unspecified atom stereocenters. The lowest BCUT2D eigenvalue weighted by atomic mass is 10.1. The molecule has 0 saturated carbocycles. The summed E-state index contributed by atoms with van der Waals surface area (Å²) in [4.78, 5) is 3.95.